The van der Waals surface area contributed by atoms with Gasteiger partial charge in [-0.05, 0) is 40.9 Å². The van der Waals surface area contributed by atoms with Gasteiger partial charge in [-0.2, -0.15) is 12.7 Å². The quantitative estimate of drug-likeness (QED) is 0.924. The third-order valence-corrected chi connectivity index (χ3v) is 5.23. The molecule has 100 valence electrons. The van der Waals surface area contributed by atoms with Crippen molar-refractivity contribution >= 4 is 31.8 Å². The van der Waals surface area contributed by atoms with Gasteiger partial charge in [-0.25, -0.2) is 0 Å². The van der Waals surface area contributed by atoms with E-state index in [-0.39, 0.29) is 0 Å². The first-order valence-corrected chi connectivity index (χ1v) is 8.35. The highest BCUT2D eigenvalue weighted by atomic mass is 79.9. The molecule has 0 saturated carbocycles. The van der Waals surface area contributed by atoms with E-state index in [9.17, 15) is 8.42 Å². The summed E-state index contributed by atoms with van der Waals surface area (Å²) in [7, 11) is -3.43. The Kier molecular flexibility index (Phi) is 4.64. The zero-order valence-electron chi connectivity index (χ0n) is 10.1. The van der Waals surface area contributed by atoms with E-state index in [4.69, 9.17) is 0 Å². The number of hydrogen-bond acceptors (Lipinski definition) is 2. The average molecular weight is 333 g/mol. The maximum absolute atomic E-state index is 12.3. The molecule has 4 nitrogen and oxygen atoms in total. The summed E-state index contributed by atoms with van der Waals surface area (Å²) in [5.74, 6) is 0. The van der Waals surface area contributed by atoms with Crippen molar-refractivity contribution in [2.45, 2.75) is 25.7 Å². The summed E-state index contributed by atoms with van der Waals surface area (Å²) in [6.07, 6.45) is 4.11. The highest BCUT2D eigenvalue weighted by molar-refractivity contribution is 9.10. The first-order valence-electron chi connectivity index (χ1n) is 6.12. The highest BCUT2D eigenvalue weighted by Gasteiger charge is 2.23. The Morgan fingerprint density at radius 1 is 1.06 bits per heavy atom. The topological polar surface area (TPSA) is 49.4 Å². The van der Waals surface area contributed by atoms with Crippen LogP contribution in [0.25, 0.3) is 0 Å². The second-order valence-corrected chi connectivity index (χ2v) is 6.93. The van der Waals surface area contributed by atoms with Crippen LogP contribution < -0.4 is 4.72 Å². The number of rotatable bonds is 3. The molecule has 1 N–H and O–H groups in total. The molecule has 1 aliphatic rings. The van der Waals surface area contributed by atoms with Gasteiger partial charge in [0, 0.05) is 17.6 Å². The summed E-state index contributed by atoms with van der Waals surface area (Å²) < 4.78 is 29.4. The van der Waals surface area contributed by atoms with Crippen LogP contribution in [0.5, 0.6) is 0 Å². The minimum Gasteiger partial charge on any atom is -0.270 e. The minimum absolute atomic E-state index is 0.585. The fourth-order valence-electron chi connectivity index (χ4n) is 2.03. The summed E-state index contributed by atoms with van der Waals surface area (Å²) in [6, 6.07) is 7.23. The zero-order chi connectivity index (χ0) is 13.0. The molecule has 0 bridgehead atoms. The van der Waals surface area contributed by atoms with E-state index in [1.165, 1.54) is 0 Å². The van der Waals surface area contributed by atoms with E-state index in [1.807, 2.05) is 18.2 Å². The number of hydrogen-bond donors (Lipinski definition) is 1. The number of nitrogens with one attached hydrogen (secondary N) is 1. The minimum atomic E-state index is -3.43. The second-order valence-electron chi connectivity index (χ2n) is 4.40. The van der Waals surface area contributed by atoms with Gasteiger partial charge in [0.1, 0.15) is 0 Å². The molecule has 0 unspecified atom stereocenters. The fourth-order valence-corrected chi connectivity index (χ4v) is 3.87. The van der Waals surface area contributed by atoms with E-state index in [1.54, 1.807) is 10.4 Å². The van der Waals surface area contributed by atoms with Gasteiger partial charge in [-0.15, -0.1) is 0 Å². The van der Waals surface area contributed by atoms with E-state index in [0.29, 0.717) is 18.8 Å². The predicted octanol–water partition coefficient (Wildman–Crippen LogP) is 2.98. The van der Waals surface area contributed by atoms with E-state index >= 15 is 0 Å². The van der Waals surface area contributed by atoms with Crippen LogP contribution in [-0.4, -0.2) is 25.8 Å². The maximum Gasteiger partial charge on any atom is 0.301 e. The molecule has 0 spiro atoms. The van der Waals surface area contributed by atoms with Crippen LogP contribution in [0.4, 0.5) is 5.69 Å². The van der Waals surface area contributed by atoms with E-state index < -0.39 is 10.2 Å². The van der Waals surface area contributed by atoms with Crippen molar-refractivity contribution in [3.8, 4) is 0 Å². The summed E-state index contributed by atoms with van der Waals surface area (Å²) in [4.78, 5) is 0. The van der Waals surface area contributed by atoms with Crippen molar-refractivity contribution in [3.63, 3.8) is 0 Å². The lowest BCUT2D eigenvalue weighted by Gasteiger charge is -2.21. The van der Waals surface area contributed by atoms with Gasteiger partial charge in [0.05, 0.1) is 5.69 Å². The maximum atomic E-state index is 12.3. The molecule has 6 heteroatoms. The van der Waals surface area contributed by atoms with Gasteiger partial charge in [0.25, 0.3) is 0 Å². The van der Waals surface area contributed by atoms with Crippen molar-refractivity contribution < 1.29 is 8.42 Å². The molecular formula is C12H17BrN2O2S. The van der Waals surface area contributed by atoms with Gasteiger partial charge >= 0.3 is 10.2 Å². The monoisotopic (exact) mass is 332 g/mol. The number of nitrogens with zero attached hydrogens (tertiary/aromatic N) is 1. The molecule has 0 amide bonds. The van der Waals surface area contributed by atoms with Crippen LogP contribution in [0.3, 0.4) is 0 Å². The van der Waals surface area contributed by atoms with Crippen LogP contribution in [-0.2, 0) is 10.2 Å². The lowest BCUT2D eigenvalue weighted by atomic mass is 10.2. The standard InChI is InChI=1S/C12H17BrN2O2S/c13-11-7-3-4-8-12(11)14-18(16,17)15-9-5-1-2-6-10-15/h3-4,7-8,14H,1-2,5-6,9-10H2. The van der Waals surface area contributed by atoms with Crippen molar-refractivity contribution in [1.82, 2.24) is 4.31 Å². The number of benzene rings is 1. The molecule has 0 aromatic heterocycles. The Morgan fingerprint density at radius 2 is 1.67 bits per heavy atom. The van der Waals surface area contributed by atoms with Crippen molar-refractivity contribution in [2.24, 2.45) is 0 Å². The molecule has 1 fully saturated rings. The van der Waals surface area contributed by atoms with Gasteiger partial charge in [-0.3, -0.25) is 4.72 Å². The average Bonchev–Trinajstić information content (AvgIpc) is 2.61. The van der Waals surface area contributed by atoms with Crippen LogP contribution in [0.15, 0.2) is 28.7 Å². The Hall–Kier alpha value is -0.590. The highest BCUT2D eigenvalue weighted by Crippen LogP contribution is 2.24. The van der Waals surface area contributed by atoms with Crippen molar-refractivity contribution in [1.29, 1.82) is 0 Å². The first kappa shape index (κ1) is 13.8. The van der Waals surface area contributed by atoms with Crippen molar-refractivity contribution in [3.05, 3.63) is 28.7 Å². The molecule has 1 aromatic rings. The summed E-state index contributed by atoms with van der Waals surface area (Å²) in [5, 5.41) is 0. The SMILES string of the molecule is O=S(=O)(Nc1ccccc1Br)N1CCCCCC1. The Morgan fingerprint density at radius 3 is 2.28 bits per heavy atom. The van der Waals surface area contributed by atoms with E-state index in [0.717, 1.165) is 30.2 Å². The molecule has 1 saturated heterocycles. The predicted molar refractivity (Wildman–Crippen MR) is 76.7 cm³/mol. The Bertz CT molecular complexity index is 497. The lowest BCUT2D eigenvalue weighted by molar-refractivity contribution is 0.427. The van der Waals surface area contributed by atoms with Gasteiger partial charge in [0.2, 0.25) is 0 Å². The lowest BCUT2D eigenvalue weighted by Crippen LogP contribution is -2.36. The molecule has 2 rings (SSSR count). The Labute approximate surface area is 117 Å². The first-order chi connectivity index (χ1) is 8.59. The Balaban J connectivity index is 2.13. The summed E-state index contributed by atoms with van der Waals surface area (Å²) in [5.41, 5.74) is 0.585. The van der Waals surface area contributed by atoms with Gasteiger partial charge in [0.15, 0.2) is 0 Å². The molecule has 18 heavy (non-hydrogen) atoms. The van der Waals surface area contributed by atoms with Crippen LogP contribution >= 0.6 is 15.9 Å². The van der Waals surface area contributed by atoms with Crippen molar-refractivity contribution in [2.75, 3.05) is 17.8 Å². The fraction of sp³-hybridized carbons (Fsp3) is 0.500. The summed E-state index contributed by atoms with van der Waals surface area (Å²) in [6.45, 7) is 1.22. The summed E-state index contributed by atoms with van der Waals surface area (Å²) >= 11 is 3.34. The third kappa shape index (κ3) is 3.46. The number of anilines is 1. The van der Waals surface area contributed by atoms with Crippen LogP contribution in [0.1, 0.15) is 25.7 Å². The van der Waals surface area contributed by atoms with Crippen LogP contribution in [0.2, 0.25) is 0 Å². The second kappa shape index (κ2) is 6.04. The largest absolute Gasteiger partial charge is 0.301 e. The van der Waals surface area contributed by atoms with Gasteiger partial charge in [-0.1, -0.05) is 25.0 Å². The molecule has 1 heterocycles. The normalized spacial score (nSPS) is 18.3. The molecule has 1 aliphatic heterocycles. The van der Waals surface area contributed by atoms with Crippen LogP contribution in [0, 0.1) is 0 Å². The smallest absolute Gasteiger partial charge is 0.270 e. The number of halogens is 1. The molecule has 0 aliphatic carbocycles. The molecular weight excluding hydrogens is 316 g/mol. The molecule has 0 atom stereocenters. The third-order valence-electron chi connectivity index (χ3n) is 3.02. The van der Waals surface area contributed by atoms with E-state index in [2.05, 4.69) is 20.7 Å². The molecule has 0 radical (unpaired) electrons. The zero-order valence-corrected chi connectivity index (χ0v) is 12.5. The van der Waals surface area contributed by atoms with Gasteiger partial charge < -0.3 is 0 Å². The number of para-hydroxylation sites is 1. The molecule has 1 aromatic carbocycles.